The molecule has 1 aromatic heterocycles. The second-order valence-corrected chi connectivity index (χ2v) is 10.5. The minimum atomic E-state index is -0.703. The Morgan fingerprint density at radius 3 is 2.61 bits per heavy atom. The van der Waals surface area contributed by atoms with Crippen LogP contribution in [0.1, 0.15) is 67.1 Å². The summed E-state index contributed by atoms with van der Waals surface area (Å²) in [6, 6.07) is 12.3. The summed E-state index contributed by atoms with van der Waals surface area (Å²) in [4.78, 5) is 30.8. The summed E-state index contributed by atoms with van der Waals surface area (Å²) >= 11 is 6.51. The van der Waals surface area contributed by atoms with Gasteiger partial charge in [-0.25, -0.2) is 9.78 Å². The fourth-order valence-electron chi connectivity index (χ4n) is 5.92. The minimum absolute atomic E-state index is 0.0976. The smallest absolute Gasteiger partial charge is 0.409 e. The molecule has 2 aliphatic rings. The number of nitrogens with zero attached hydrogens (tertiary/aromatic N) is 3. The van der Waals surface area contributed by atoms with E-state index in [0.29, 0.717) is 25.9 Å². The molecular formula is C28H32ClN3O4. The first kappa shape index (κ1) is 24.6. The molecule has 0 bridgehead atoms. The first-order chi connectivity index (χ1) is 17.4. The molecule has 36 heavy (non-hydrogen) atoms. The Hall–Kier alpha value is -3.06. The molecule has 0 saturated heterocycles. The topological polar surface area (TPSA) is 84.7 Å². The number of carboxylic acid groups (broad SMARTS) is 1. The molecule has 1 N–H and O–H groups in total. The van der Waals surface area contributed by atoms with Crippen LogP contribution >= 0.6 is 11.6 Å². The van der Waals surface area contributed by atoms with Gasteiger partial charge in [-0.3, -0.25) is 4.79 Å². The number of carbonyl (C=O) groups excluding carboxylic acids is 1. The van der Waals surface area contributed by atoms with E-state index in [9.17, 15) is 14.7 Å². The monoisotopic (exact) mass is 509 g/mol. The number of hydrogen-bond donors (Lipinski definition) is 1. The van der Waals surface area contributed by atoms with E-state index in [0.717, 1.165) is 58.7 Å². The van der Waals surface area contributed by atoms with E-state index in [-0.39, 0.29) is 24.0 Å². The van der Waals surface area contributed by atoms with Gasteiger partial charge in [0.2, 0.25) is 0 Å². The standard InChI is InChI=1S/C28H32ClN3O4/c1-17(15-21-5-3-4-6-23(21)29)32-24-12-11-18-13-14-31(28(35)36-2)16-22(18)25(24)30-26(32)19-7-9-20(10-8-19)27(33)34/h3-6,11-12,17,19-20H,7-10,13-16H2,1-2H3,(H,33,34)/t17-,19-,20-/m0/s1. The van der Waals surface area contributed by atoms with Gasteiger partial charge in [0, 0.05) is 29.1 Å². The summed E-state index contributed by atoms with van der Waals surface area (Å²) in [5.74, 6) is 0.224. The lowest BCUT2D eigenvalue weighted by molar-refractivity contribution is -0.142. The van der Waals surface area contributed by atoms with Gasteiger partial charge in [0.1, 0.15) is 5.82 Å². The minimum Gasteiger partial charge on any atom is -0.481 e. The molecule has 0 spiro atoms. The number of aromatic nitrogens is 2. The molecule has 5 rings (SSSR count). The number of aliphatic carboxylic acids is 1. The number of methoxy groups -OCH3 is 1. The molecule has 1 aliphatic heterocycles. The Kier molecular flexibility index (Phi) is 6.93. The zero-order valence-electron chi connectivity index (χ0n) is 20.7. The molecule has 2 heterocycles. The predicted molar refractivity (Wildman–Crippen MR) is 138 cm³/mol. The summed E-state index contributed by atoms with van der Waals surface area (Å²) in [7, 11) is 1.41. The van der Waals surface area contributed by atoms with Crippen molar-refractivity contribution in [1.82, 2.24) is 14.5 Å². The summed E-state index contributed by atoms with van der Waals surface area (Å²) in [5.41, 5.74) is 5.36. The van der Waals surface area contributed by atoms with Crippen LogP contribution in [0.25, 0.3) is 11.0 Å². The van der Waals surface area contributed by atoms with Crippen LogP contribution < -0.4 is 0 Å². The van der Waals surface area contributed by atoms with Crippen LogP contribution in [0.15, 0.2) is 36.4 Å². The fraction of sp³-hybridized carbons (Fsp3) is 0.464. The van der Waals surface area contributed by atoms with E-state index in [1.165, 1.54) is 12.7 Å². The summed E-state index contributed by atoms with van der Waals surface area (Å²) in [6.45, 7) is 3.29. The molecule has 1 saturated carbocycles. The van der Waals surface area contributed by atoms with E-state index < -0.39 is 5.97 Å². The molecule has 190 valence electrons. The lowest BCUT2D eigenvalue weighted by Gasteiger charge is -2.28. The van der Waals surface area contributed by atoms with Crippen LogP contribution in [0.2, 0.25) is 5.02 Å². The van der Waals surface area contributed by atoms with E-state index in [1.54, 1.807) is 4.90 Å². The number of carboxylic acids is 1. The largest absolute Gasteiger partial charge is 0.481 e. The van der Waals surface area contributed by atoms with Crippen molar-refractivity contribution in [3.05, 3.63) is 63.9 Å². The van der Waals surface area contributed by atoms with Crippen LogP contribution in [-0.2, 0) is 28.9 Å². The molecule has 1 amide bonds. The highest BCUT2D eigenvalue weighted by atomic mass is 35.5. The van der Waals surface area contributed by atoms with Gasteiger partial charge >= 0.3 is 12.1 Å². The zero-order valence-corrected chi connectivity index (χ0v) is 21.5. The molecule has 1 fully saturated rings. The average Bonchev–Trinajstić information content (AvgIpc) is 3.29. The highest BCUT2D eigenvalue weighted by Gasteiger charge is 2.32. The van der Waals surface area contributed by atoms with Crippen molar-refractivity contribution in [2.24, 2.45) is 5.92 Å². The Balaban J connectivity index is 1.57. The second-order valence-electron chi connectivity index (χ2n) is 10.1. The van der Waals surface area contributed by atoms with E-state index in [2.05, 4.69) is 29.7 Å². The van der Waals surface area contributed by atoms with Gasteiger partial charge in [-0.2, -0.15) is 0 Å². The Morgan fingerprint density at radius 1 is 1.17 bits per heavy atom. The van der Waals surface area contributed by atoms with Crippen LogP contribution in [0.4, 0.5) is 4.79 Å². The zero-order chi connectivity index (χ0) is 25.4. The highest BCUT2D eigenvalue weighted by Crippen LogP contribution is 2.40. The number of rotatable bonds is 5. The highest BCUT2D eigenvalue weighted by molar-refractivity contribution is 6.31. The fourth-order valence-corrected chi connectivity index (χ4v) is 6.13. The Bertz CT molecular complexity index is 1300. The lowest BCUT2D eigenvalue weighted by Crippen LogP contribution is -2.35. The number of carbonyl (C=O) groups is 2. The number of ether oxygens (including phenoxy) is 1. The van der Waals surface area contributed by atoms with E-state index >= 15 is 0 Å². The SMILES string of the molecule is COC(=O)N1CCc2ccc3c(nc([C@H]4CC[C@H](C(=O)O)CC4)n3[C@@H](C)Cc3ccccc3Cl)c2C1. The van der Waals surface area contributed by atoms with Gasteiger partial charge in [-0.1, -0.05) is 35.9 Å². The van der Waals surface area contributed by atoms with Crippen molar-refractivity contribution in [1.29, 1.82) is 0 Å². The maximum atomic E-state index is 12.3. The normalized spacial score (nSPS) is 20.7. The van der Waals surface area contributed by atoms with Gasteiger partial charge in [-0.15, -0.1) is 0 Å². The van der Waals surface area contributed by atoms with Gasteiger partial charge in [0.25, 0.3) is 0 Å². The number of halogens is 1. The number of benzene rings is 2. The summed E-state index contributed by atoms with van der Waals surface area (Å²) < 4.78 is 7.32. The summed E-state index contributed by atoms with van der Waals surface area (Å²) in [5, 5.41) is 10.2. The van der Waals surface area contributed by atoms with E-state index in [1.807, 2.05) is 18.2 Å². The number of hydrogen-bond acceptors (Lipinski definition) is 4. The molecule has 8 heteroatoms. The first-order valence-electron chi connectivity index (χ1n) is 12.7. The first-order valence-corrected chi connectivity index (χ1v) is 13.1. The maximum Gasteiger partial charge on any atom is 0.409 e. The Labute approximate surface area is 216 Å². The molecule has 7 nitrogen and oxygen atoms in total. The van der Waals surface area contributed by atoms with Crippen molar-refractivity contribution in [3.63, 3.8) is 0 Å². The van der Waals surface area contributed by atoms with Crippen molar-refractivity contribution < 1.29 is 19.4 Å². The third kappa shape index (κ3) is 4.57. The van der Waals surface area contributed by atoms with Crippen molar-refractivity contribution in [2.45, 2.75) is 64.0 Å². The average molecular weight is 510 g/mol. The van der Waals surface area contributed by atoms with Gasteiger partial charge < -0.3 is 19.3 Å². The molecule has 2 aromatic carbocycles. The third-order valence-electron chi connectivity index (χ3n) is 7.88. The number of amides is 1. The lowest BCUT2D eigenvalue weighted by atomic mass is 9.81. The van der Waals surface area contributed by atoms with Crippen molar-refractivity contribution in [3.8, 4) is 0 Å². The Morgan fingerprint density at radius 2 is 1.92 bits per heavy atom. The molecule has 1 aliphatic carbocycles. The van der Waals surface area contributed by atoms with Gasteiger partial charge in [0.15, 0.2) is 0 Å². The van der Waals surface area contributed by atoms with Crippen LogP contribution in [-0.4, -0.2) is 45.3 Å². The molecular weight excluding hydrogens is 478 g/mol. The predicted octanol–water partition coefficient (Wildman–Crippen LogP) is 5.98. The summed E-state index contributed by atoms with van der Waals surface area (Å²) in [6.07, 6.45) is 4.13. The van der Waals surface area contributed by atoms with Crippen LogP contribution in [0.5, 0.6) is 0 Å². The van der Waals surface area contributed by atoms with Gasteiger partial charge in [0.05, 0.1) is 30.6 Å². The number of imidazole rings is 1. The molecule has 0 unspecified atom stereocenters. The molecule has 0 radical (unpaired) electrons. The van der Waals surface area contributed by atoms with Crippen molar-refractivity contribution in [2.75, 3.05) is 13.7 Å². The van der Waals surface area contributed by atoms with E-state index in [4.69, 9.17) is 21.3 Å². The third-order valence-corrected chi connectivity index (χ3v) is 8.25. The maximum absolute atomic E-state index is 12.3. The molecule has 1 atom stereocenters. The number of fused-ring (bicyclic) bond motifs is 3. The van der Waals surface area contributed by atoms with Gasteiger partial charge in [-0.05, 0) is 68.7 Å². The molecule has 3 aromatic rings. The van der Waals surface area contributed by atoms with Crippen LogP contribution in [0.3, 0.4) is 0 Å². The second kappa shape index (κ2) is 10.1. The quantitative estimate of drug-likeness (QED) is 0.457. The van der Waals surface area contributed by atoms with Crippen LogP contribution in [0, 0.1) is 5.92 Å². The van der Waals surface area contributed by atoms with Crippen molar-refractivity contribution >= 4 is 34.7 Å².